The molecule has 0 radical (unpaired) electrons. The van der Waals surface area contributed by atoms with E-state index in [1.54, 1.807) is 12.1 Å². The van der Waals surface area contributed by atoms with E-state index in [2.05, 4.69) is 5.32 Å². The molecule has 2 rings (SSSR count). The van der Waals surface area contributed by atoms with Crippen LogP contribution in [-0.2, 0) is 0 Å². The van der Waals surface area contributed by atoms with Crippen molar-refractivity contribution < 1.29 is 10.2 Å². The number of aliphatic hydroxyl groups is 2. The van der Waals surface area contributed by atoms with Crippen LogP contribution < -0.4 is 5.32 Å². The van der Waals surface area contributed by atoms with E-state index in [9.17, 15) is 10.2 Å². The molecule has 5 heteroatoms. The predicted octanol–water partition coefficient (Wildman–Crippen LogP) is 3.51. The number of hydrogen-bond donors (Lipinski definition) is 3. The summed E-state index contributed by atoms with van der Waals surface area (Å²) < 4.78 is 0. The first-order chi connectivity index (χ1) is 10.2. The maximum atomic E-state index is 10.2. The van der Waals surface area contributed by atoms with Gasteiger partial charge in [-0.15, -0.1) is 12.4 Å². The Bertz CT molecular complexity index is 534. The molecular formula is C17H21Cl2NO2. The van der Waals surface area contributed by atoms with Crippen LogP contribution in [0.5, 0.6) is 0 Å². The van der Waals surface area contributed by atoms with Crippen molar-refractivity contribution in [1.29, 1.82) is 0 Å². The summed E-state index contributed by atoms with van der Waals surface area (Å²) in [6.45, 7) is 0.519. The summed E-state index contributed by atoms with van der Waals surface area (Å²) in [4.78, 5) is 0. The fourth-order valence-electron chi connectivity index (χ4n) is 2.26. The second kappa shape index (κ2) is 9.82. The van der Waals surface area contributed by atoms with Crippen LogP contribution in [0.3, 0.4) is 0 Å². The zero-order chi connectivity index (χ0) is 15.1. The highest BCUT2D eigenvalue weighted by molar-refractivity contribution is 6.30. The lowest BCUT2D eigenvalue weighted by Crippen LogP contribution is -2.27. The van der Waals surface area contributed by atoms with Crippen LogP contribution in [0.1, 0.15) is 29.7 Å². The van der Waals surface area contributed by atoms with Crippen LogP contribution >= 0.6 is 24.0 Å². The second-order valence-corrected chi connectivity index (χ2v) is 5.39. The minimum Gasteiger partial charge on any atom is -0.396 e. The van der Waals surface area contributed by atoms with Crippen LogP contribution in [0.4, 0.5) is 0 Å². The van der Waals surface area contributed by atoms with Gasteiger partial charge in [-0.25, -0.2) is 0 Å². The Morgan fingerprint density at radius 2 is 1.59 bits per heavy atom. The Morgan fingerprint density at radius 1 is 0.955 bits per heavy atom. The number of hydrogen-bond acceptors (Lipinski definition) is 3. The lowest BCUT2D eigenvalue weighted by molar-refractivity contribution is 0.165. The maximum absolute atomic E-state index is 10.2. The first kappa shape index (κ1) is 18.9. The quantitative estimate of drug-likeness (QED) is 0.722. The minimum atomic E-state index is -0.604. The van der Waals surface area contributed by atoms with Gasteiger partial charge < -0.3 is 15.5 Å². The molecule has 0 amide bonds. The Kier molecular flexibility index (Phi) is 8.46. The third-order valence-electron chi connectivity index (χ3n) is 3.43. The largest absolute Gasteiger partial charge is 0.396 e. The molecule has 3 N–H and O–H groups in total. The van der Waals surface area contributed by atoms with Crippen molar-refractivity contribution in [1.82, 2.24) is 5.32 Å². The van der Waals surface area contributed by atoms with E-state index in [1.807, 2.05) is 42.5 Å². The molecule has 3 nitrogen and oxygen atoms in total. The van der Waals surface area contributed by atoms with Crippen molar-refractivity contribution in [3.8, 4) is 0 Å². The third-order valence-corrected chi connectivity index (χ3v) is 3.68. The molecular weight excluding hydrogens is 321 g/mol. The molecule has 0 saturated carbocycles. The van der Waals surface area contributed by atoms with E-state index < -0.39 is 6.10 Å². The maximum Gasteiger partial charge on any atom is 0.0914 e. The molecule has 0 aliphatic carbocycles. The zero-order valence-corrected chi connectivity index (χ0v) is 13.7. The average molecular weight is 342 g/mol. The summed E-state index contributed by atoms with van der Waals surface area (Å²) in [6.07, 6.45) is 0.00401. The van der Waals surface area contributed by atoms with Crippen LogP contribution in [0.25, 0.3) is 0 Å². The average Bonchev–Trinajstić information content (AvgIpc) is 2.52. The number of rotatable bonds is 7. The summed E-state index contributed by atoms with van der Waals surface area (Å²) in [5, 5.41) is 23.4. The van der Waals surface area contributed by atoms with Gasteiger partial charge in [-0.2, -0.15) is 0 Å². The summed E-state index contributed by atoms with van der Waals surface area (Å²) in [5.41, 5.74) is 1.93. The Balaban J connectivity index is 0.00000242. The lowest BCUT2D eigenvalue weighted by atomic mass is 10.0. The van der Waals surface area contributed by atoms with E-state index in [4.69, 9.17) is 11.6 Å². The van der Waals surface area contributed by atoms with Crippen molar-refractivity contribution in [2.24, 2.45) is 0 Å². The SMILES string of the molecule is Cl.OCCC(NC[C@H](O)c1ccc(Cl)cc1)c1ccccc1. The standard InChI is InChI=1S/C17H20ClNO2.ClH/c18-15-8-6-14(7-9-15)17(21)12-19-16(10-11-20)13-4-2-1-3-5-13;/h1-9,16-17,19-21H,10-12H2;1H/t16?,17-;/m0./s1. The first-order valence-corrected chi connectivity index (χ1v) is 7.41. The van der Waals surface area contributed by atoms with Crippen LogP contribution in [0.15, 0.2) is 54.6 Å². The highest BCUT2D eigenvalue weighted by Crippen LogP contribution is 2.19. The smallest absolute Gasteiger partial charge is 0.0914 e. The minimum absolute atomic E-state index is 0. The summed E-state index contributed by atoms with van der Waals surface area (Å²) in [7, 11) is 0. The Labute approximate surface area is 142 Å². The monoisotopic (exact) mass is 341 g/mol. The highest BCUT2D eigenvalue weighted by Gasteiger charge is 2.13. The van der Waals surface area contributed by atoms with Crippen LogP contribution in [0, 0.1) is 0 Å². The van der Waals surface area contributed by atoms with Gasteiger partial charge in [0.1, 0.15) is 0 Å². The van der Waals surface area contributed by atoms with Gasteiger partial charge in [-0.3, -0.25) is 0 Å². The van der Waals surface area contributed by atoms with Crippen molar-refractivity contribution in [2.45, 2.75) is 18.6 Å². The van der Waals surface area contributed by atoms with E-state index in [0.717, 1.165) is 11.1 Å². The highest BCUT2D eigenvalue weighted by atomic mass is 35.5. The molecule has 2 aromatic carbocycles. The molecule has 2 aromatic rings. The zero-order valence-electron chi connectivity index (χ0n) is 12.2. The van der Waals surface area contributed by atoms with E-state index in [-0.39, 0.29) is 25.1 Å². The lowest BCUT2D eigenvalue weighted by Gasteiger charge is -2.21. The molecule has 0 spiro atoms. The van der Waals surface area contributed by atoms with E-state index in [0.29, 0.717) is 18.0 Å². The molecule has 2 atom stereocenters. The fourth-order valence-corrected chi connectivity index (χ4v) is 2.38. The normalized spacial score (nSPS) is 13.2. The Morgan fingerprint density at radius 3 is 2.18 bits per heavy atom. The number of aliphatic hydroxyl groups excluding tert-OH is 2. The Hall–Kier alpha value is -1.10. The molecule has 0 bridgehead atoms. The van der Waals surface area contributed by atoms with Crippen molar-refractivity contribution in [2.75, 3.05) is 13.2 Å². The summed E-state index contributed by atoms with van der Waals surface area (Å²) in [6, 6.07) is 17.1. The van der Waals surface area contributed by atoms with Crippen molar-refractivity contribution in [3.63, 3.8) is 0 Å². The molecule has 0 aliphatic rings. The van der Waals surface area contributed by atoms with Gasteiger partial charge in [0.2, 0.25) is 0 Å². The molecule has 0 aliphatic heterocycles. The van der Waals surface area contributed by atoms with Gasteiger partial charge in [0, 0.05) is 24.2 Å². The van der Waals surface area contributed by atoms with Gasteiger partial charge in [-0.05, 0) is 29.7 Å². The molecule has 1 unspecified atom stereocenters. The van der Waals surface area contributed by atoms with Crippen molar-refractivity contribution >= 4 is 24.0 Å². The third kappa shape index (κ3) is 5.59. The van der Waals surface area contributed by atoms with Crippen molar-refractivity contribution in [3.05, 3.63) is 70.7 Å². The van der Waals surface area contributed by atoms with E-state index >= 15 is 0 Å². The number of halogens is 2. The van der Waals surface area contributed by atoms with Crippen LogP contribution in [-0.4, -0.2) is 23.4 Å². The summed E-state index contributed by atoms with van der Waals surface area (Å²) >= 11 is 5.84. The predicted molar refractivity (Wildman–Crippen MR) is 92.5 cm³/mol. The molecule has 0 saturated heterocycles. The molecule has 0 aromatic heterocycles. The number of benzene rings is 2. The molecule has 0 heterocycles. The topological polar surface area (TPSA) is 52.5 Å². The fraction of sp³-hybridized carbons (Fsp3) is 0.294. The van der Waals surface area contributed by atoms with Gasteiger partial charge >= 0.3 is 0 Å². The van der Waals surface area contributed by atoms with Crippen LogP contribution in [0.2, 0.25) is 5.02 Å². The van der Waals surface area contributed by atoms with Gasteiger partial charge in [-0.1, -0.05) is 54.1 Å². The molecule has 22 heavy (non-hydrogen) atoms. The van der Waals surface area contributed by atoms with E-state index in [1.165, 1.54) is 0 Å². The number of nitrogens with one attached hydrogen (secondary N) is 1. The second-order valence-electron chi connectivity index (χ2n) is 4.95. The summed E-state index contributed by atoms with van der Waals surface area (Å²) in [5.74, 6) is 0. The van der Waals surface area contributed by atoms with Gasteiger partial charge in [0.15, 0.2) is 0 Å². The molecule has 120 valence electrons. The molecule has 0 fully saturated rings. The van der Waals surface area contributed by atoms with Gasteiger partial charge in [0.05, 0.1) is 6.10 Å². The first-order valence-electron chi connectivity index (χ1n) is 7.03. The van der Waals surface area contributed by atoms with Gasteiger partial charge in [0.25, 0.3) is 0 Å².